The van der Waals surface area contributed by atoms with Gasteiger partial charge in [-0.25, -0.2) is 13.2 Å². The highest BCUT2D eigenvalue weighted by molar-refractivity contribution is 5.85. The number of nitrogens with one attached hydrogen (secondary N) is 1. The fourth-order valence-electron chi connectivity index (χ4n) is 0.420. The molecule has 0 bridgehead atoms. The van der Waals surface area contributed by atoms with Gasteiger partial charge in [-0.1, -0.05) is 0 Å². The molecule has 3 N–H and O–H groups in total. The van der Waals surface area contributed by atoms with E-state index in [0.717, 1.165) is 0 Å². The van der Waals surface area contributed by atoms with Crippen LogP contribution in [-0.4, -0.2) is 25.2 Å². The van der Waals surface area contributed by atoms with E-state index in [2.05, 4.69) is 0 Å². The van der Waals surface area contributed by atoms with Crippen molar-refractivity contribution in [2.45, 2.75) is 19.1 Å². The van der Waals surface area contributed by atoms with Gasteiger partial charge in [-0.3, -0.25) is 4.79 Å². The van der Waals surface area contributed by atoms with E-state index >= 15 is 0 Å². The van der Waals surface area contributed by atoms with E-state index < -0.39 is 18.6 Å². The van der Waals surface area contributed by atoms with Crippen LogP contribution in [-0.2, 0) is 4.79 Å². The summed E-state index contributed by atoms with van der Waals surface area (Å²) in [6, 6.07) is 0. The lowest BCUT2D eigenvalue weighted by atomic mass is 10.4. The number of nitrogens with two attached hydrogens (primary N) is 1. The van der Waals surface area contributed by atoms with Gasteiger partial charge in [0.25, 0.3) is 6.43 Å². The van der Waals surface area contributed by atoms with Crippen LogP contribution >= 0.6 is 12.4 Å². The number of hydrogen-bond acceptors (Lipinski definition) is 2. The number of rotatable bonds is 4. The first-order valence-corrected chi connectivity index (χ1v) is 2.99. The van der Waals surface area contributed by atoms with E-state index in [-0.39, 0.29) is 25.4 Å². The summed E-state index contributed by atoms with van der Waals surface area (Å²) in [6.45, 7) is 0.0157. The molecule has 3 nitrogen and oxygen atoms in total. The molecule has 0 saturated carbocycles. The molecule has 12 heavy (non-hydrogen) atoms. The molecular weight excluding hydrogens is 197 g/mol. The van der Waals surface area contributed by atoms with Crippen LogP contribution in [0.4, 0.5) is 13.2 Å². The highest BCUT2D eigenvalue weighted by Gasteiger charge is 2.20. The maximum absolute atomic E-state index is 12.0. The minimum Gasteiger partial charge on any atom is -0.330 e. The highest BCUT2D eigenvalue weighted by atomic mass is 35.5. The first-order chi connectivity index (χ1) is 5.07. The van der Waals surface area contributed by atoms with Crippen molar-refractivity contribution in [2.75, 3.05) is 6.54 Å². The highest BCUT2D eigenvalue weighted by Crippen LogP contribution is 2.01. The second-order valence-corrected chi connectivity index (χ2v) is 1.84. The van der Waals surface area contributed by atoms with Crippen molar-refractivity contribution in [2.24, 2.45) is 5.73 Å². The summed E-state index contributed by atoms with van der Waals surface area (Å²) in [5.41, 5.74) is 4.91. The van der Waals surface area contributed by atoms with Gasteiger partial charge < -0.3 is 11.1 Å². The number of carbonyl (C=O) groups excluding carboxylic acids is 1. The Balaban J connectivity index is 0. The quantitative estimate of drug-likeness (QED) is 0.656. The number of carbonyl (C=O) groups is 1. The molecule has 0 heterocycles. The van der Waals surface area contributed by atoms with Crippen LogP contribution < -0.4 is 11.1 Å². The average Bonchev–Trinajstić information content (AvgIpc) is 1.87. The van der Waals surface area contributed by atoms with Crippen molar-refractivity contribution in [1.82, 2.24) is 5.32 Å². The third-order valence-corrected chi connectivity index (χ3v) is 0.892. The SMILES string of the molecule is Cl.NCCC(=O)NC(F)C(F)F. The van der Waals surface area contributed by atoms with E-state index in [1.165, 1.54) is 5.32 Å². The maximum atomic E-state index is 12.0. The third-order valence-electron chi connectivity index (χ3n) is 0.892. The summed E-state index contributed by atoms with van der Waals surface area (Å²) in [4.78, 5) is 10.4. The van der Waals surface area contributed by atoms with Gasteiger partial charge in [0.2, 0.25) is 12.2 Å². The average molecular weight is 207 g/mol. The van der Waals surface area contributed by atoms with Gasteiger partial charge >= 0.3 is 0 Å². The minimum absolute atomic E-state index is 0. The number of alkyl halides is 3. The Kier molecular flexibility index (Phi) is 8.41. The molecule has 0 aromatic carbocycles. The topological polar surface area (TPSA) is 55.1 Å². The number of amides is 1. The Morgan fingerprint density at radius 1 is 1.42 bits per heavy atom. The summed E-state index contributed by atoms with van der Waals surface area (Å²) in [7, 11) is 0. The Bertz CT molecular complexity index is 136. The van der Waals surface area contributed by atoms with Gasteiger partial charge in [-0.15, -0.1) is 12.4 Å². The second kappa shape index (κ2) is 7.17. The summed E-state index contributed by atoms with van der Waals surface area (Å²) >= 11 is 0. The van der Waals surface area contributed by atoms with Crippen LogP contribution in [0.2, 0.25) is 0 Å². The lowest BCUT2D eigenvalue weighted by Gasteiger charge is -2.07. The largest absolute Gasteiger partial charge is 0.330 e. The fraction of sp³-hybridized carbons (Fsp3) is 0.800. The Morgan fingerprint density at radius 2 is 1.92 bits per heavy atom. The molecule has 0 aromatic heterocycles. The molecule has 7 heteroatoms. The van der Waals surface area contributed by atoms with Crippen LogP contribution in [0.5, 0.6) is 0 Å². The smallest absolute Gasteiger partial charge is 0.287 e. The summed E-state index contributed by atoms with van der Waals surface area (Å²) < 4.78 is 34.8. The Hall–Kier alpha value is -0.490. The predicted octanol–water partition coefficient (Wildman–Crippen LogP) is 0.434. The minimum atomic E-state index is -3.18. The monoisotopic (exact) mass is 206 g/mol. The van der Waals surface area contributed by atoms with Gasteiger partial charge in [0.05, 0.1) is 0 Å². The molecule has 0 radical (unpaired) electrons. The molecule has 0 aromatic rings. The Labute approximate surface area is 73.9 Å². The van der Waals surface area contributed by atoms with E-state index in [1.807, 2.05) is 0 Å². The molecule has 0 saturated heterocycles. The predicted molar refractivity (Wildman–Crippen MR) is 40.0 cm³/mol. The van der Waals surface area contributed by atoms with Crippen LogP contribution in [0, 0.1) is 0 Å². The van der Waals surface area contributed by atoms with Crippen molar-refractivity contribution in [3.63, 3.8) is 0 Å². The summed E-state index contributed by atoms with van der Waals surface area (Å²) in [5.74, 6) is -0.805. The molecule has 1 amide bonds. The lowest BCUT2D eigenvalue weighted by molar-refractivity contribution is -0.124. The summed E-state index contributed by atoms with van der Waals surface area (Å²) in [6.07, 6.45) is -5.92. The summed E-state index contributed by atoms with van der Waals surface area (Å²) in [5, 5.41) is 1.44. The van der Waals surface area contributed by atoms with E-state index in [4.69, 9.17) is 5.73 Å². The molecule has 0 rings (SSSR count). The fourth-order valence-corrected chi connectivity index (χ4v) is 0.420. The number of halogens is 4. The van der Waals surface area contributed by atoms with Crippen LogP contribution in [0.3, 0.4) is 0 Å². The number of hydrogen-bond donors (Lipinski definition) is 2. The van der Waals surface area contributed by atoms with Crippen molar-refractivity contribution in [1.29, 1.82) is 0 Å². The van der Waals surface area contributed by atoms with Crippen LogP contribution in [0.25, 0.3) is 0 Å². The third kappa shape index (κ3) is 6.23. The van der Waals surface area contributed by atoms with E-state index in [1.54, 1.807) is 0 Å². The van der Waals surface area contributed by atoms with Crippen molar-refractivity contribution in [3.8, 4) is 0 Å². The molecule has 0 aliphatic heterocycles. The lowest BCUT2D eigenvalue weighted by Crippen LogP contribution is -2.37. The molecule has 0 aliphatic carbocycles. The van der Waals surface area contributed by atoms with Crippen molar-refractivity contribution >= 4 is 18.3 Å². The standard InChI is InChI=1S/C5H9F3N2O.ClH/c6-4(7)5(8)10-3(11)1-2-9;/h4-5H,1-2,9H2,(H,10,11);1H. The molecular formula is C5H10ClF3N2O. The van der Waals surface area contributed by atoms with Gasteiger partial charge in [-0.05, 0) is 0 Å². The molecule has 74 valence electrons. The normalized spacial score (nSPS) is 12.1. The zero-order chi connectivity index (χ0) is 8.85. The van der Waals surface area contributed by atoms with Gasteiger partial charge in [0, 0.05) is 13.0 Å². The van der Waals surface area contributed by atoms with Crippen molar-refractivity contribution in [3.05, 3.63) is 0 Å². The van der Waals surface area contributed by atoms with Gasteiger partial charge in [-0.2, -0.15) is 0 Å². The first-order valence-electron chi connectivity index (χ1n) is 2.99. The first kappa shape index (κ1) is 14.1. The molecule has 0 aliphatic rings. The van der Waals surface area contributed by atoms with Crippen molar-refractivity contribution < 1.29 is 18.0 Å². The maximum Gasteiger partial charge on any atom is 0.287 e. The van der Waals surface area contributed by atoms with Gasteiger partial charge in [0.15, 0.2) is 0 Å². The van der Waals surface area contributed by atoms with E-state index in [9.17, 15) is 18.0 Å². The van der Waals surface area contributed by atoms with E-state index in [0.29, 0.717) is 0 Å². The van der Waals surface area contributed by atoms with Crippen LogP contribution in [0.15, 0.2) is 0 Å². The van der Waals surface area contributed by atoms with Crippen LogP contribution in [0.1, 0.15) is 6.42 Å². The zero-order valence-corrected chi connectivity index (χ0v) is 6.91. The molecule has 0 spiro atoms. The molecule has 1 unspecified atom stereocenters. The zero-order valence-electron chi connectivity index (χ0n) is 6.10. The van der Waals surface area contributed by atoms with Gasteiger partial charge in [0.1, 0.15) is 0 Å². The molecule has 0 fully saturated rings. The molecule has 1 atom stereocenters. The second-order valence-electron chi connectivity index (χ2n) is 1.84. The Morgan fingerprint density at radius 3 is 2.25 bits per heavy atom.